The van der Waals surface area contributed by atoms with Gasteiger partial charge in [0.05, 0.1) is 13.5 Å². The fraction of sp³-hybridized carbons (Fsp3) is 0.667. The Hall–Kier alpha value is -0.790. The van der Waals surface area contributed by atoms with Gasteiger partial charge >= 0.3 is 5.97 Å². The lowest BCUT2D eigenvalue weighted by Crippen LogP contribution is -2.13. The van der Waals surface area contributed by atoms with Gasteiger partial charge < -0.3 is 4.74 Å². The van der Waals surface area contributed by atoms with Gasteiger partial charge in [-0.1, -0.05) is 32.9 Å². The van der Waals surface area contributed by atoms with Crippen LogP contribution in [-0.4, -0.2) is 13.1 Å². The molecule has 0 aromatic rings. The Balaban J connectivity index is 3.99. The largest absolute Gasteiger partial charge is 0.469 e. The molecule has 0 aromatic heterocycles. The topological polar surface area (TPSA) is 26.3 Å². The monoisotopic (exact) mass is 156 g/mol. The highest BCUT2D eigenvalue weighted by atomic mass is 16.5. The molecular weight excluding hydrogens is 140 g/mol. The lowest BCUT2D eigenvalue weighted by Gasteiger charge is -2.20. The normalized spacial score (nSPS) is 10.9. The molecule has 0 saturated carbocycles. The maximum Gasteiger partial charge on any atom is 0.309 e. The molecule has 11 heavy (non-hydrogen) atoms. The summed E-state index contributed by atoms with van der Waals surface area (Å²) < 4.78 is 4.52. The molecular formula is C9H16O2. The molecule has 0 aliphatic rings. The van der Waals surface area contributed by atoms with E-state index in [2.05, 4.69) is 11.3 Å². The Labute approximate surface area is 68.2 Å². The summed E-state index contributed by atoms with van der Waals surface area (Å²) in [5, 5.41) is 0. The first-order valence-corrected chi connectivity index (χ1v) is 3.63. The van der Waals surface area contributed by atoms with E-state index in [0.29, 0.717) is 6.42 Å². The number of hydrogen-bond donors (Lipinski definition) is 0. The van der Waals surface area contributed by atoms with Crippen molar-refractivity contribution >= 4 is 5.97 Å². The summed E-state index contributed by atoms with van der Waals surface area (Å²) in [6.07, 6.45) is 0.319. The molecule has 64 valence electrons. The van der Waals surface area contributed by atoms with Gasteiger partial charge in [0.25, 0.3) is 0 Å². The van der Waals surface area contributed by atoms with Gasteiger partial charge in [0, 0.05) is 0 Å². The van der Waals surface area contributed by atoms with Gasteiger partial charge in [-0.25, -0.2) is 0 Å². The van der Waals surface area contributed by atoms with E-state index in [4.69, 9.17) is 0 Å². The van der Waals surface area contributed by atoms with Crippen LogP contribution < -0.4 is 0 Å². The third-order valence-corrected chi connectivity index (χ3v) is 1.65. The molecule has 0 aliphatic carbocycles. The first kappa shape index (κ1) is 10.2. The van der Waals surface area contributed by atoms with Gasteiger partial charge in [0.2, 0.25) is 0 Å². The van der Waals surface area contributed by atoms with E-state index in [0.717, 1.165) is 5.57 Å². The van der Waals surface area contributed by atoms with Crippen LogP contribution in [-0.2, 0) is 9.53 Å². The summed E-state index contributed by atoms with van der Waals surface area (Å²) in [6.45, 7) is 9.89. The first-order chi connectivity index (χ1) is 4.88. The Bertz CT molecular complexity index is 163. The lowest BCUT2D eigenvalue weighted by molar-refractivity contribution is -0.140. The maximum absolute atomic E-state index is 10.8. The van der Waals surface area contributed by atoms with E-state index in [-0.39, 0.29) is 11.4 Å². The van der Waals surface area contributed by atoms with Crippen molar-refractivity contribution in [3.63, 3.8) is 0 Å². The predicted octanol–water partition coefficient (Wildman–Crippen LogP) is 2.15. The van der Waals surface area contributed by atoms with Crippen LogP contribution in [0.5, 0.6) is 0 Å². The highest BCUT2D eigenvalue weighted by Crippen LogP contribution is 2.25. The van der Waals surface area contributed by atoms with Gasteiger partial charge in [-0.15, -0.1) is 0 Å². The minimum absolute atomic E-state index is 0.00576. The van der Waals surface area contributed by atoms with Crippen molar-refractivity contribution < 1.29 is 9.53 Å². The number of carbonyl (C=O) groups excluding carboxylic acids is 1. The second-order valence-electron chi connectivity index (χ2n) is 3.61. The number of ether oxygens (including phenoxy) is 1. The fourth-order valence-corrected chi connectivity index (χ4v) is 0.512. The molecule has 0 rings (SSSR count). The molecule has 2 nitrogen and oxygen atoms in total. The zero-order valence-electron chi connectivity index (χ0n) is 7.73. The van der Waals surface area contributed by atoms with Crippen molar-refractivity contribution in [3.8, 4) is 0 Å². The summed E-state index contributed by atoms with van der Waals surface area (Å²) in [5.74, 6) is -0.218. The minimum Gasteiger partial charge on any atom is -0.469 e. The van der Waals surface area contributed by atoms with E-state index in [1.165, 1.54) is 7.11 Å². The van der Waals surface area contributed by atoms with E-state index in [9.17, 15) is 4.79 Å². The van der Waals surface area contributed by atoms with Crippen molar-refractivity contribution in [2.24, 2.45) is 5.41 Å². The van der Waals surface area contributed by atoms with Crippen molar-refractivity contribution in [2.45, 2.75) is 27.2 Å². The molecule has 0 spiro atoms. The Morgan fingerprint density at radius 3 is 2.18 bits per heavy atom. The Morgan fingerprint density at radius 2 is 1.91 bits per heavy atom. The van der Waals surface area contributed by atoms with Gasteiger partial charge in [0.1, 0.15) is 0 Å². The van der Waals surface area contributed by atoms with Crippen LogP contribution in [0.25, 0.3) is 0 Å². The SMILES string of the molecule is C=C(CC(=O)OC)C(C)(C)C. The van der Waals surface area contributed by atoms with Gasteiger partial charge in [-0.2, -0.15) is 0 Å². The van der Waals surface area contributed by atoms with E-state index in [1.54, 1.807) is 0 Å². The molecule has 0 atom stereocenters. The first-order valence-electron chi connectivity index (χ1n) is 3.63. The molecule has 0 fully saturated rings. The summed E-state index contributed by atoms with van der Waals surface area (Å²) >= 11 is 0. The van der Waals surface area contributed by atoms with Crippen molar-refractivity contribution in [3.05, 3.63) is 12.2 Å². The number of hydrogen-bond acceptors (Lipinski definition) is 2. The number of carbonyl (C=O) groups is 1. The molecule has 0 radical (unpaired) electrons. The highest BCUT2D eigenvalue weighted by Gasteiger charge is 2.17. The van der Waals surface area contributed by atoms with Crippen LogP contribution in [0.15, 0.2) is 12.2 Å². The van der Waals surface area contributed by atoms with Crippen molar-refractivity contribution in [2.75, 3.05) is 7.11 Å². The third-order valence-electron chi connectivity index (χ3n) is 1.65. The van der Waals surface area contributed by atoms with Crippen LogP contribution >= 0.6 is 0 Å². The number of esters is 1. The van der Waals surface area contributed by atoms with Crippen LogP contribution in [0, 0.1) is 5.41 Å². The smallest absolute Gasteiger partial charge is 0.309 e. The van der Waals surface area contributed by atoms with E-state index < -0.39 is 0 Å². The Morgan fingerprint density at radius 1 is 1.45 bits per heavy atom. The molecule has 0 aromatic carbocycles. The van der Waals surface area contributed by atoms with Crippen LogP contribution in [0.4, 0.5) is 0 Å². The van der Waals surface area contributed by atoms with Crippen molar-refractivity contribution in [1.82, 2.24) is 0 Å². The summed E-state index contributed by atoms with van der Waals surface area (Å²) in [7, 11) is 1.39. The zero-order valence-corrected chi connectivity index (χ0v) is 7.73. The minimum atomic E-state index is -0.218. The quantitative estimate of drug-likeness (QED) is 0.452. The van der Waals surface area contributed by atoms with Crippen molar-refractivity contribution in [1.29, 1.82) is 0 Å². The molecule has 0 N–H and O–H groups in total. The molecule has 2 heteroatoms. The molecule has 0 saturated heterocycles. The zero-order chi connectivity index (χ0) is 9.07. The average Bonchev–Trinajstić information content (AvgIpc) is 1.85. The second-order valence-corrected chi connectivity index (χ2v) is 3.61. The summed E-state index contributed by atoms with van der Waals surface area (Å²) in [4.78, 5) is 10.8. The number of methoxy groups -OCH3 is 1. The maximum atomic E-state index is 10.8. The van der Waals surface area contributed by atoms with Crippen LogP contribution in [0.3, 0.4) is 0 Å². The lowest BCUT2D eigenvalue weighted by atomic mass is 9.86. The third kappa shape index (κ3) is 3.81. The number of rotatable bonds is 2. The van der Waals surface area contributed by atoms with E-state index in [1.807, 2.05) is 20.8 Å². The molecule has 0 aliphatic heterocycles. The molecule has 0 heterocycles. The predicted molar refractivity (Wildman–Crippen MR) is 45.2 cm³/mol. The van der Waals surface area contributed by atoms with E-state index >= 15 is 0 Å². The fourth-order valence-electron chi connectivity index (χ4n) is 0.512. The molecule has 0 amide bonds. The average molecular weight is 156 g/mol. The molecule has 0 unspecified atom stereocenters. The highest BCUT2D eigenvalue weighted by molar-refractivity contribution is 5.72. The Kier molecular flexibility index (Phi) is 3.30. The van der Waals surface area contributed by atoms with Crippen LogP contribution in [0.1, 0.15) is 27.2 Å². The van der Waals surface area contributed by atoms with Gasteiger partial charge in [-0.05, 0) is 5.41 Å². The second kappa shape index (κ2) is 3.56. The van der Waals surface area contributed by atoms with Crippen LogP contribution in [0.2, 0.25) is 0 Å². The molecule has 0 bridgehead atoms. The van der Waals surface area contributed by atoms with Gasteiger partial charge in [0.15, 0.2) is 0 Å². The summed E-state index contributed by atoms with van der Waals surface area (Å²) in [5.41, 5.74) is 0.901. The van der Waals surface area contributed by atoms with Gasteiger partial charge in [-0.3, -0.25) is 4.79 Å². The standard InChI is InChI=1S/C9H16O2/c1-7(9(2,3)4)6-8(10)11-5/h1,6H2,2-5H3. The summed E-state index contributed by atoms with van der Waals surface area (Å²) in [6, 6.07) is 0.